The van der Waals surface area contributed by atoms with E-state index in [0.717, 1.165) is 11.1 Å². The molecule has 0 aliphatic rings. The van der Waals surface area contributed by atoms with E-state index in [1.165, 1.54) is 12.1 Å². The van der Waals surface area contributed by atoms with E-state index >= 15 is 0 Å². The standard InChI is InChI=1S/C40H56O7SSi2/c1-29-21-23-34(24-22-29)48(42,43)46-36-27-35(30(2)26-33(41)20-17-25-45-49(10,11)39(4,5)6)38(47-50(12,13)40(7,8)9)37(31(36)3)44-28-32-18-15-14-16-19-32/h14-16,18-19,21-24,27,33,41H,2,25-26,28H2,1,3-13H3. The van der Waals surface area contributed by atoms with Gasteiger partial charge in [0.15, 0.2) is 19.8 Å². The highest BCUT2D eigenvalue weighted by Crippen LogP contribution is 2.48. The van der Waals surface area contributed by atoms with Gasteiger partial charge in [0, 0.05) is 17.5 Å². The Hall–Kier alpha value is -3.34. The lowest BCUT2D eigenvalue weighted by atomic mass is 9.98. The van der Waals surface area contributed by atoms with E-state index in [1.54, 1.807) is 25.1 Å². The number of hydrogen-bond acceptors (Lipinski definition) is 7. The minimum atomic E-state index is -4.21. The summed E-state index contributed by atoms with van der Waals surface area (Å²) in [5, 5.41) is 10.9. The lowest BCUT2D eigenvalue weighted by molar-refractivity contribution is 0.238. The van der Waals surface area contributed by atoms with E-state index in [1.807, 2.05) is 37.3 Å². The van der Waals surface area contributed by atoms with E-state index in [-0.39, 0.29) is 40.4 Å². The average Bonchev–Trinajstić information content (AvgIpc) is 2.99. The first kappa shape index (κ1) is 41.1. The Balaban J connectivity index is 2.13. The van der Waals surface area contributed by atoms with Crippen LogP contribution in [-0.2, 0) is 21.2 Å². The quantitative estimate of drug-likeness (QED) is 0.106. The first-order valence-corrected chi connectivity index (χ1v) is 24.2. The molecule has 10 heteroatoms. The van der Waals surface area contributed by atoms with E-state index in [2.05, 4.69) is 86.2 Å². The summed E-state index contributed by atoms with van der Waals surface area (Å²) in [5.41, 5.74) is 3.29. The lowest BCUT2D eigenvalue weighted by Crippen LogP contribution is -2.44. The molecule has 3 rings (SSSR count). The molecule has 1 atom stereocenters. The SMILES string of the molecule is C=C(CC(O)C#CCO[Si](C)(C)C(C)(C)C)c1cc(OS(=O)(=O)c2ccc(C)cc2)c(C)c(OCc2ccccc2)c1O[Si](C)(C)C(C)(C)C. The predicted molar refractivity (Wildman–Crippen MR) is 209 cm³/mol. The second-order valence-corrected chi connectivity index (χ2v) is 27.0. The number of hydrogen-bond donors (Lipinski definition) is 1. The minimum Gasteiger partial charge on any atom is -0.541 e. The van der Waals surface area contributed by atoms with Crippen LogP contribution in [0.3, 0.4) is 0 Å². The summed E-state index contributed by atoms with van der Waals surface area (Å²) in [7, 11) is -8.70. The van der Waals surface area contributed by atoms with Crippen molar-refractivity contribution in [3.8, 4) is 29.1 Å². The summed E-state index contributed by atoms with van der Waals surface area (Å²) in [4.78, 5) is 0.0295. The molecule has 1 unspecified atom stereocenters. The first-order chi connectivity index (χ1) is 22.9. The van der Waals surface area contributed by atoms with Crippen molar-refractivity contribution in [3.05, 3.63) is 89.5 Å². The molecule has 0 bridgehead atoms. The molecule has 0 saturated heterocycles. The van der Waals surface area contributed by atoms with Gasteiger partial charge >= 0.3 is 10.1 Å². The minimum absolute atomic E-state index is 0.0295. The second-order valence-electron chi connectivity index (χ2n) is 15.9. The van der Waals surface area contributed by atoms with Gasteiger partial charge in [-0.15, -0.1) is 0 Å². The zero-order chi connectivity index (χ0) is 37.7. The van der Waals surface area contributed by atoms with Crippen LogP contribution in [-0.4, -0.2) is 42.9 Å². The summed E-state index contributed by atoms with van der Waals surface area (Å²) >= 11 is 0. The number of ether oxygens (including phenoxy) is 1. The van der Waals surface area contributed by atoms with Gasteiger partial charge < -0.3 is 22.9 Å². The normalized spacial score (nSPS) is 13.2. The van der Waals surface area contributed by atoms with Crippen molar-refractivity contribution in [2.24, 2.45) is 0 Å². The molecule has 7 nitrogen and oxygen atoms in total. The van der Waals surface area contributed by atoms with Crippen molar-refractivity contribution in [1.29, 1.82) is 0 Å². The zero-order valence-corrected chi connectivity index (χ0v) is 34.8. The summed E-state index contributed by atoms with van der Waals surface area (Å²) < 4.78 is 52.6. The fraction of sp³-hybridized carbons (Fsp3) is 0.450. The third-order valence-electron chi connectivity index (χ3n) is 9.74. The third-order valence-corrected chi connectivity index (χ3v) is 19.8. The largest absolute Gasteiger partial charge is 0.541 e. The third kappa shape index (κ3) is 10.6. The highest BCUT2D eigenvalue weighted by atomic mass is 32.2. The van der Waals surface area contributed by atoms with Crippen LogP contribution in [0.5, 0.6) is 17.2 Å². The van der Waals surface area contributed by atoms with Crippen LogP contribution < -0.4 is 13.3 Å². The molecule has 272 valence electrons. The Morgan fingerprint density at radius 3 is 2.02 bits per heavy atom. The van der Waals surface area contributed by atoms with Crippen LogP contribution in [0.15, 0.2) is 72.1 Å². The molecule has 3 aromatic rings. The Labute approximate surface area is 303 Å². The molecule has 0 spiro atoms. The van der Waals surface area contributed by atoms with Crippen LogP contribution in [0.2, 0.25) is 36.3 Å². The van der Waals surface area contributed by atoms with E-state index in [4.69, 9.17) is 17.8 Å². The molecule has 0 radical (unpaired) electrons. The Morgan fingerprint density at radius 2 is 1.46 bits per heavy atom. The van der Waals surface area contributed by atoms with Gasteiger partial charge in [-0.3, -0.25) is 0 Å². The van der Waals surface area contributed by atoms with E-state index < -0.39 is 32.9 Å². The molecule has 0 aliphatic carbocycles. The van der Waals surface area contributed by atoms with Crippen molar-refractivity contribution in [2.45, 2.75) is 116 Å². The van der Waals surface area contributed by atoms with Crippen molar-refractivity contribution >= 4 is 32.3 Å². The lowest BCUT2D eigenvalue weighted by Gasteiger charge is -2.38. The molecule has 1 N–H and O–H groups in total. The van der Waals surface area contributed by atoms with Crippen LogP contribution in [0.1, 0.15) is 70.2 Å². The molecule has 0 fully saturated rings. The maximum Gasteiger partial charge on any atom is 0.339 e. The summed E-state index contributed by atoms with van der Waals surface area (Å²) in [6.45, 7) is 29.9. The van der Waals surface area contributed by atoms with Gasteiger partial charge in [0.05, 0.1) is 6.61 Å². The summed E-state index contributed by atoms with van der Waals surface area (Å²) in [6, 6.07) is 17.8. The topological polar surface area (TPSA) is 91.3 Å². The summed E-state index contributed by atoms with van der Waals surface area (Å²) in [6.07, 6.45) is -0.978. The van der Waals surface area contributed by atoms with E-state index in [9.17, 15) is 13.5 Å². The second kappa shape index (κ2) is 15.9. The number of benzene rings is 3. The Morgan fingerprint density at radius 1 is 0.880 bits per heavy atom. The maximum atomic E-state index is 13.6. The van der Waals surface area contributed by atoms with Gasteiger partial charge in [-0.05, 0) is 79.4 Å². The van der Waals surface area contributed by atoms with Gasteiger partial charge in [0.1, 0.15) is 23.4 Å². The Bertz CT molecular complexity index is 1810. The first-order valence-electron chi connectivity index (χ1n) is 17.0. The fourth-order valence-electron chi connectivity index (χ4n) is 4.33. The number of aryl methyl sites for hydroxylation is 1. The molecule has 0 saturated carbocycles. The smallest absolute Gasteiger partial charge is 0.339 e. The van der Waals surface area contributed by atoms with Gasteiger partial charge in [-0.2, -0.15) is 8.42 Å². The van der Waals surface area contributed by atoms with Crippen LogP contribution in [0.25, 0.3) is 5.57 Å². The average molecular weight is 737 g/mol. The number of rotatable bonds is 13. The molecule has 50 heavy (non-hydrogen) atoms. The van der Waals surface area contributed by atoms with Crippen molar-refractivity contribution in [3.63, 3.8) is 0 Å². The molecule has 0 aromatic heterocycles. The van der Waals surface area contributed by atoms with Crippen LogP contribution in [0.4, 0.5) is 0 Å². The van der Waals surface area contributed by atoms with Crippen molar-refractivity contribution in [2.75, 3.05) is 6.61 Å². The van der Waals surface area contributed by atoms with Crippen molar-refractivity contribution < 1.29 is 31.3 Å². The summed E-state index contributed by atoms with van der Waals surface area (Å²) in [5.74, 6) is 6.76. The van der Waals surface area contributed by atoms with Gasteiger partial charge in [0.2, 0.25) is 0 Å². The number of aliphatic hydroxyl groups is 1. The molecular weight excluding hydrogens is 681 g/mol. The molecule has 0 amide bonds. The molecule has 0 heterocycles. The highest BCUT2D eigenvalue weighted by molar-refractivity contribution is 7.87. The highest BCUT2D eigenvalue weighted by Gasteiger charge is 2.41. The fourth-order valence-corrected chi connectivity index (χ4v) is 7.19. The molecule has 3 aromatic carbocycles. The molecule has 0 aliphatic heterocycles. The van der Waals surface area contributed by atoms with Crippen LogP contribution >= 0.6 is 0 Å². The van der Waals surface area contributed by atoms with Gasteiger partial charge in [-0.1, -0.05) is 108 Å². The van der Waals surface area contributed by atoms with E-state index in [0.29, 0.717) is 28.2 Å². The molecular formula is C40H56O7SSi2. The van der Waals surface area contributed by atoms with Gasteiger partial charge in [0.25, 0.3) is 8.32 Å². The predicted octanol–water partition coefficient (Wildman–Crippen LogP) is 9.82. The zero-order valence-electron chi connectivity index (χ0n) is 32.0. The van der Waals surface area contributed by atoms with Crippen molar-refractivity contribution in [1.82, 2.24) is 0 Å². The van der Waals surface area contributed by atoms with Gasteiger partial charge in [-0.25, -0.2) is 0 Å². The Kier molecular flexibility index (Phi) is 13.1. The number of aliphatic hydroxyl groups excluding tert-OH is 1. The monoisotopic (exact) mass is 736 g/mol. The maximum absolute atomic E-state index is 13.6. The van der Waals surface area contributed by atoms with Crippen LogP contribution in [0, 0.1) is 25.7 Å².